The number of amides is 1. The molecule has 0 aromatic heterocycles. The van der Waals surface area contributed by atoms with Gasteiger partial charge in [-0.05, 0) is 39.7 Å². The molecular formula is C13H25N3O. The number of hydrogen-bond acceptors (Lipinski definition) is 3. The summed E-state index contributed by atoms with van der Waals surface area (Å²) < 4.78 is 0. The third-order valence-corrected chi connectivity index (χ3v) is 4.19. The number of nitrogens with two attached hydrogens (primary N) is 1. The molecule has 3 N–H and O–H groups in total. The van der Waals surface area contributed by atoms with Gasteiger partial charge in [-0.25, -0.2) is 0 Å². The first kappa shape index (κ1) is 12.8. The van der Waals surface area contributed by atoms with Crippen LogP contribution in [0.1, 0.15) is 46.0 Å². The highest BCUT2D eigenvalue weighted by atomic mass is 16.2. The fraction of sp³-hybridized carbons (Fsp3) is 0.923. The molecule has 0 radical (unpaired) electrons. The van der Waals surface area contributed by atoms with Gasteiger partial charge in [0.2, 0.25) is 5.91 Å². The maximum absolute atomic E-state index is 12.0. The molecule has 98 valence electrons. The van der Waals surface area contributed by atoms with Gasteiger partial charge in [-0.2, -0.15) is 0 Å². The number of carbonyl (C=O) groups is 1. The van der Waals surface area contributed by atoms with Gasteiger partial charge in [0.15, 0.2) is 0 Å². The Labute approximate surface area is 104 Å². The van der Waals surface area contributed by atoms with Crippen molar-refractivity contribution >= 4 is 5.91 Å². The molecule has 1 saturated heterocycles. The van der Waals surface area contributed by atoms with E-state index in [1.54, 1.807) is 0 Å². The number of piperazine rings is 1. The molecule has 0 bridgehead atoms. The van der Waals surface area contributed by atoms with Crippen LogP contribution in [-0.4, -0.2) is 41.5 Å². The quantitative estimate of drug-likeness (QED) is 0.768. The topological polar surface area (TPSA) is 58.4 Å². The Morgan fingerprint density at radius 3 is 2.65 bits per heavy atom. The fourth-order valence-electron chi connectivity index (χ4n) is 3.42. The average Bonchev–Trinajstić information content (AvgIpc) is 2.77. The monoisotopic (exact) mass is 239 g/mol. The molecule has 2 fully saturated rings. The van der Waals surface area contributed by atoms with E-state index in [2.05, 4.69) is 24.1 Å². The molecule has 2 aliphatic rings. The fourth-order valence-corrected chi connectivity index (χ4v) is 3.42. The molecule has 1 saturated carbocycles. The van der Waals surface area contributed by atoms with Gasteiger partial charge < -0.3 is 11.1 Å². The third-order valence-electron chi connectivity index (χ3n) is 4.19. The lowest BCUT2D eigenvalue weighted by atomic mass is 9.91. The van der Waals surface area contributed by atoms with Crippen molar-refractivity contribution in [3.8, 4) is 0 Å². The Morgan fingerprint density at radius 1 is 1.41 bits per heavy atom. The molecule has 1 aliphatic heterocycles. The Hall–Kier alpha value is -0.610. The van der Waals surface area contributed by atoms with E-state index in [0.29, 0.717) is 12.6 Å². The van der Waals surface area contributed by atoms with E-state index in [1.165, 1.54) is 25.7 Å². The van der Waals surface area contributed by atoms with Crippen LogP contribution in [0.25, 0.3) is 0 Å². The van der Waals surface area contributed by atoms with E-state index < -0.39 is 0 Å². The van der Waals surface area contributed by atoms with E-state index >= 15 is 0 Å². The minimum atomic E-state index is -0.0214. The zero-order valence-corrected chi connectivity index (χ0v) is 11.0. The van der Waals surface area contributed by atoms with Gasteiger partial charge in [-0.15, -0.1) is 0 Å². The summed E-state index contributed by atoms with van der Waals surface area (Å²) in [6.07, 6.45) is 5.84. The van der Waals surface area contributed by atoms with Gasteiger partial charge in [-0.3, -0.25) is 9.69 Å². The second-order valence-electron chi connectivity index (χ2n) is 5.97. The van der Waals surface area contributed by atoms with Crippen LogP contribution in [0.4, 0.5) is 0 Å². The van der Waals surface area contributed by atoms with Crippen molar-refractivity contribution in [3.63, 3.8) is 0 Å². The standard InChI is InChI=1S/C13H25N3O/c1-13(2)9-15-12(17)11(7-8-14)16(13)10-5-3-4-6-10/h10-11H,3-9,14H2,1-2H3,(H,15,17). The maximum atomic E-state index is 12.0. The van der Waals surface area contributed by atoms with Crippen LogP contribution >= 0.6 is 0 Å². The van der Waals surface area contributed by atoms with Crippen molar-refractivity contribution < 1.29 is 4.79 Å². The van der Waals surface area contributed by atoms with Crippen molar-refractivity contribution in [2.75, 3.05) is 13.1 Å². The highest BCUT2D eigenvalue weighted by molar-refractivity contribution is 5.83. The number of nitrogens with one attached hydrogen (secondary N) is 1. The van der Waals surface area contributed by atoms with Crippen LogP contribution in [0.15, 0.2) is 0 Å². The number of hydrogen-bond donors (Lipinski definition) is 2. The largest absolute Gasteiger partial charge is 0.353 e. The minimum Gasteiger partial charge on any atom is -0.353 e. The molecule has 2 rings (SSSR count). The second-order valence-corrected chi connectivity index (χ2v) is 5.97. The van der Waals surface area contributed by atoms with Gasteiger partial charge in [0, 0.05) is 18.1 Å². The smallest absolute Gasteiger partial charge is 0.237 e. The summed E-state index contributed by atoms with van der Waals surface area (Å²) in [7, 11) is 0. The zero-order valence-electron chi connectivity index (χ0n) is 11.0. The predicted molar refractivity (Wildman–Crippen MR) is 68.6 cm³/mol. The molecule has 0 aromatic rings. The van der Waals surface area contributed by atoms with Crippen molar-refractivity contribution in [3.05, 3.63) is 0 Å². The Kier molecular flexibility index (Phi) is 3.73. The molecule has 1 atom stereocenters. The van der Waals surface area contributed by atoms with E-state index in [9.17, 15) is 4.79 Å². The summed E-state index contributed by atoms with van der Waals surface area (Å²) in [5.41, 5.74) is 5.72. The van der Waals surface area contributed by atoms with Gasteiger partial charge in [-0.1, -0.05) is 12.8 Å². The van der Waals surface area contributed by atoms with Gasteiger partial charge in [0.05, 0.1) is 6.04 Å². The summed E-state index contributed by atoms with van der Waals surface area (Å²) in [5, 5.41) is 3.02. The van der Waals surface area contributed by atoms with Crippen LogP contribution in [-0.2, 0) is 4.79 Å². The Bertz CT molecular complexity index is 284. The zero-order chi connectivity index (χ0) is 12.5. The SMILES string of the molecule is CC1(C)CNC(=O)C(CCN)N1C1CCCC1. The number of rotatable bonds is 3. The number of carbonyl (C=O) groups excluding carboxylic acids is 1. The van der Waals surface area contributed by atoms with E-state index in [4.69, 9.17) is 5.73 Å². The van der Waals surface area contributed by atoms with Crippen LogP contribution < -0.4 is 11.1 Å². The van der Waals surface area contributed by atoms with Gasteiger partial charge in [0.1, 0.15) is 0 Å². The van der Waals surface area contributed by atoms with Crippen molar-refractivity contribution in [1.29, 1.82) is 0 Å². The molecule has 17 heavy (non-hydrogen) atoms. The third kappa shape index (κ3) is 2.47. The summed E-state index contributed by atoms with van der Waals surface area (Å²) >= 11 is 0. The van der Waals surface area contributed by atoms with Crippen LogP contribution in [0, 0.1) is 0 Å². The average molecular weight is 239 g/mol. The number of nitrogens with zero attached hydrogens (tertiary/aromatic N) is 1. The van der Waals surface area contributed by atoms with Gasteiger partial charge >= 0.3 is 0 Å². The highest BCUT2D eigenvalue weighted by Gasteiger charge is 2.44. The molecule has 1 heterocycles. The lowest BCUT2D eigenvalue weighted by molar-refractivity contribution is -0.137. The van der Waals surface area contributed by atoms with Crippen molar-refractivity contribution in [1.82, 2.24) is 10.2 Å². The van der Waals surface area contributed by atoms with Crippen LogP contribution in [0.3, 0.4) is 0 Å². The van der Waals surface area contributed by atoms with E-state index in [0.717, 1.165) is 13.0 Å². The van der Waals surface area contributed by atoms with Gasteiger partial charge in [0.25, 0.3) is 0 Å². The molecule has 4 nitrogen and oxygen atoms in total. The molecule has 0 aromatic carbocycles. The molecule has 4 heteroatoms. The Morgan fingerprint density at radius 2 is 2.06 bits per heavy atom. The summed E-state index contributed by atoms with van der Waals surface area (Å²) in [6.45, 7) is 5.79. The van der Waals surface area contributed by atoms with Crippen LogP contribution in [0.2, 0.25) is 0 Å². The Balaban J connectivity index is 2.20. The summed E-state index contributed by atoms with van der Waals surface area (Å²) in [6, 6.07) is 0.555. The first-order valence-electron chi connectivity index (χ1n) is 6.82. The summed E-state index contributed by atoms with van der Waals surface area (Å²) in [5.74, 6) is 0.168. The molecule has 1 amide bonds. The second kappa shape index (κ2) is 4.94. The van der Waals surface area contributed by atoms with E-state index in [1.807, 2.05) is 0 Å². The lowest BCUT2D eigenvalue weighted by Crippen LogP contribution is -2.68. The maximum Gasteiger partial charge on any atom is 0.237 e. The van der Waals surface area contributed by atoms with Crippen molar-refractivity contribution in [2.45, 2.75) is 63.6 Å². The molecule has 1 aliphatic carbocycles. The molecule has 1 unspecified atom stereocenters. The molecule has 0 spiro atoms. The first-order chi connectivity index (χ1) is 8.06. The molecular weight excluding hydrogens is 214 g/mol. The summed E-state index contributed by atoms with van der Waals surface area (Å²) in [4.78, 5) is 14.5. The van der Waals surface area contributed by atoms with E-state index in [-0.39, 0.29) is 17.5 Å². The minimum absolute atomic E-state index is 0.0214. The predicted octanol–water partition coefficient (Wildman–Crippen LogP) is 0.857. The van der Waals surface area contributed by atoms with Crippen molar-refractivity contribution in [2.24, 2.45) is 5.73 Å². The lowest BCUT2D eigenvalue weighted by Gasteiger charge is -2.50. The first-order valence-corrected chi connectivity index (χ1v) is 6.82. The normalized spacial score (nSPS) is 30.5. The van der Waals surface area contributed by atoms with Crippen LogP contribution in [0.5, 0.6) is 0 Å². The highest BCUT2D eigenvalue weighted by Crippen LogP contribution is 2.33.